The van der Waals surface area contributed by atoms with Crippen LogP contribution in [0.5, 0.6) is 0 Å². The molecule has 20 heavy (non-hydrogen) atoms. The Bertz CT molecular complexity index is 577. The SMILES string of the molecule is CCc1nn(CC)c(CC(NC)c2sccc2Cl)c1Cl. The summed E-state index contributed by atoms with van der Waals surface area (Å²) < 4.78 is 1.99. The van der Waals surface area contributed by atoms with Crippen molar-refractivity contribution < 1.29 is 0 Å². The van der Waals surface area contributed by atoms with Crippen molar-refractivity contribution >= 4 is 34.5 Å². The third kappa shape index (κ3) is 3.03. The van der Waals surface area contributed by atoms with E-state index in [-0.39, 0.29) is 6.04 Å². The number of aryl methyl sites for hydroxylation is 2. The third-order valence-corrected chi connectivity index (χ3v) is 5.31. The zero-order valence-electron chi connectivity index (χ0n) is 11.9. The summed E-state index contributed by atoms with van der Waals surface area (Å²) in [6.45, 7) is 4.98. The molecule has 0 amide bonds. The molecule has 1 N–H and O–H groups in total. The van der Waals surface area contributed by atoms with Crippen LogP contribution in [-0.2, 0) is 19.4 Å². The van der Waals surface area contributed by atoms with Crippen molar-refractivity contribution in [3.8, 4) is 0 Å². The average molecular weight is 332 g/mol. The fourth-order valence-corrected chi connectivity index (χ4v) is 3.93. The van der Waals surface area contributed by atoms with Gasteiger partial charge in [-0.05, 0) is 31.8 Å². The number of rotatable bonds is 6. The van der Waals surface area contributed by atoms with E-state index in [0.29, 0.717) is 0 Å². The number of hydrogen-bond donors (Lipinski definition) is 1. The second kappa shape index (κ2) is 6.94. The summed E-state index contributed by atoms with van der Waals surface area (Å²) in [4.78, 5) is 1.15. The molecule has 6 heteroatoms. The molecule has 0 bridgehead atoms. The maximum atomic E-state index is 6.47. The lowest BCUT2D eigenvalue weighted by atomic mass is 10.1. The maximum absolute atomic E-state index is 6.47. The van der Waals surface area contributed by atoms with Gasteiger partial charge in [-0.1, -0.05) is 30.1 Å². The molecule has 0 fully saturated rings. The van der Waals surface area contributed by atoms with E-state index in [9.17, 15) is 0 Å². The highest BCUT2D eigenvalue weighted by atomic mass is 35.5. The van der Waals surface area contributed by atoms with Gasteiger partial charge in [0, 0.05) is 23.9 Å². The first-order valence-electron chi connectivity index (χ1n) is 6.76. The Balaban J connectivity index is 2.32. The Morgan fingerprint density at radius 2 is 2.15 bits per heavy atom. The van der Waals surface area contributed by atoms with Gasteiger partial charge in [-0.15, -0.1) is 11.3 Å². The van der Waals surface area contributed by atoms with Crippen molar-refractivity contribution in [3.63, 3.8) is 0 Å². The van der Waals surface area contributed by atoms with Crippen LogP contribution in [0.25, 0.3) is 0 Å². The normalized spacial score (nSPS) is 12.8. The molecule has 0 saturated carbocycles. The van der Waals surface area contributed by atoms with E-state index < -0.39 is 0 Å². The molecule has 1 atom stereocenters. The summed E-state index contributed by atoms with van der Waals surface area (Å²) in [6.07, 6.45) is 1.64. The monoisotopic (exact) mass is 331 g/mol. The summed E-state index contributed by atoms with van der Waals surface area (Å²) in [6, 6.07) is 2.09. The van der Waals surface area contributed by atoms with Crippen LogP contribution in [0.2, 0.25) is 10.0 Å². The summed E-state index contributed by atoms with van der Waals surface area (Å²) in [5.41, 5.74) is 2.05. The molecule has 0 aliphatic heterocycles. The summed E-state index contributed by atoms with van der Waals surface area (Å²) in [5, 5.41) is 11.5. The summed E-state index contributed by atoms with van der Waals surface area (Å²) >= 11 is 14.4. The number of nitrogens with one attached hydrogen (secondary N) is 1. The van der Waals surface area contributed by atoms with Crippen LogP contribution < -0.4 is 5.32 Å². The van der Waals surface area contributed by atoms with Gasteiger partial charge in [-0.2, -0.15) is 5.10 Å². The minimum absolute atomic E-state index is 0.159. The van der Waals surface area contributed by atoms with Crippen LogP contribution in [0.4, 0.5) is 0 Å². The van der Waals surface area contributed by atoms with Gasteiger partial charge in [0.25, 0.3) is 0 Å². The highest BCUT2D eigenvalue weighted by Gasteiger charge is 2.21. The number of halogens is 2. The molecule has 0 radical (unpaired) electrons. The lowest BCUT2D eigenvalue weighted by Gasteiger charge is -2.16. The molecule has 0 aromatic carbocycles. The van der Waals surface area contributed by atoms with Crippen molar-refractivity contribution in [2.24, 2.45) is 0 Å². The standard InChI is InChI=1S/C14H19Cl2N3S/c1-4-10-13(16)12(19(5-2)18-10)8-11(17-3)14-9(15)6-7-20-14/h6-7,11,17H,4-5,8H2,1-3H3. The van der Waals surface area contributed by atoms with Crippen LogP contribution in [0.3, 0.4) is 0 Å². The smallest absolute Gasteiger partial charge is 0.0850 e. The topological polar surface area (TPSA) is 29.9 Å². The molecule has 3 nitrogen and oxygen atoms in total. The Morgan fingerprint density at radius 1 is 1.40 bits per heavy atom. The predicted octanol–water partition coefficient (Wildman–Crippen LogP) is 4.34. The minimum atomic E-state index is 0.159. The molecule has 2 rings (SSSR count). The fraction of sp³-hybridized carbons (Fsp3) is 0.500. The molecule has 1 unspecified atom stereocenters. The van der Waals surface area contributed by atoms with Gasteiger partial charge in [0.05, 0.1) is 21.4 Å². The van der Waals surface area contributed by atoms with Gasteiger partial charge in [0.15, 0.2) is 0 Å². The van der Waals surface area contributed by atoms with Crippen molar-refractivity contribution in [1.82, 2.24) is 15.1 Å². The van der Waals surface area contributed by atoms with E-state index in [1.807, 2.05) is 23.2 Å². The zero-order valence-corrected chi connectivity index (χ0v) is 14.2. The van der Waals surface area contributed by atoms with Gasteiger partial charge >= 0.3 is 0 Å². The fourth-order valence-electron chi connectivity index (χ4n) is 2.29. The number of nitrogens with zero attached hydrogens (tertiary/aromatic N) is 2. The van der Waals surface area contributed by atoms with E-state index in [4.69, 9.17) is 23.2 Å². The zero-order chi connectivity index (χ0) is 14.7. The first kappa shape index (κ1) is 15.8. The van der Waals surface area contributed by atoms with Crippen molar-refractivity contribution in [2.45, 2.75) is 39.3 Å². The number of hydrogen-bond acceptors (Lipinski definition) is 3. The Kier molecular flexibility index (Phi) is 5.49. The molecule has 110 valence electrons. The molecular weight excluding hydrogens is 313 g/mol. The Morgan fingerprint density at radius 3 is 2.65 bits per heavy atom. The average Bonchev–Trinajstić information content (AvgIpc) is 3.00. The van der Waals surface area contributed by atoms with E-state index in [0.717, 1.165) is 45.7 Å². The largest absolute Gasteiger partial charge is 0.312 e. The first-order chi connectivity index (χ1) is 9.62. The highest BCUT2D eigenvalue weighted by molar-refractivity contribution is 7.10. The second-order valence-corrected chi connectivity index (χ2v) is 6.29. The van der Waals surface area contributed by atoms with Crippen LogP contribution in [0.15, 0.2) is 11.4 Å². The summed E-state index contributed by atoms with van der Waals surface area (Å²) in [7, 11) is 1.95. The van der Waals surface area contributed by atoms with E-state index >= 15 is 0 Å². The Hall–Kier alpha value is -0.550. The van der Waals surface area contributed by atoms with Gasteiger partial charge in [0.2, 0.25) is 0 Å². The molecule has 2 heterocycles. The van der Waals surface area contributed by atoms with Gasteiger partial charge in [-0.25, -0.2) is 0 Å². The second-order valence-electron chi connectivity index (χ2n) is 4.55. The van der Waals surface area contributed by atoms with E-state index in [1.54, 1.807) is 11.3 Å². The van der Waals surface area contributed by atoms with E-state index in [2.05, 4.69) is 24.3 Å². The highest BCUT2D eigenvalue weighted by Crippen LogP contribution is 2.33. The molecule has 0 saturated heterocycles. The quantitative estimate of drug-likeness (QED) is 0.853. The van der Waals surface area contributed by atoms with Crippen LogP contribution in [0.1, 0.15) is 36.2 Å². The first-order valence-corrected chi connectivity index (χ1v) is 8.40. The summed E-state index contributed by atoms with van der Waals surface area (Å²) in [5.74, 6) is 0. The van der Waals surface area contributed by atoms with Crippen molar-refractivity contribution in [1.29, 1.82) is 0 Å². The predicted molar refractivity (Wildman–Crippen MR) is 87.1 cm³/mol. The minimum Gasteiger partial charge on any atom is -0.312 e. The Labute approximate surface area is 133 Å². The number of thiophene rings is 1. The van der Waals surface area contributed by atoms with Crippen LogP contribution in [-0.4, -0.2) is 16.8 Å². The molecule has 2 aromatic heterocycles. The van der Waals surface area contributed by atoms with Crippen LogP contribution >= 0.6 is 34.5 Å². The van der Waals surface area contributed by atoms with Crippen molar-refractivity contribution in [3.05, 3.63) is 37.8 Å². The lowest BCUT2D eigenvalue weighted by Crippen LogP contribution is -2.20. The van der Waals surface area contributed by atoms with Gasteiger partial charge in [0.1, 0.15) is 0 Å². The molecular formula is C14H19Cl2N3S. The van der Waals surface area contributed by atoms with Crippen molar-refractivity contribution in [2.75, 3.05) is 7.05 Å². The van der Waals surface area contributed by atoms with Crippen LogP contribution in [0, 0.1) is 0 Å². The van der Waals surface area contributed by atoms with Gasteiger partial charge < -0.3 is 5.32 Å². The van der Waals surface area contributed by atoms with Gasteiger partial charge in [-0.3, -0.25) is 4.68 Å². The maximum Gasteiger partial charge on any atom is 0.0850 e. The number of likely N-dealkylation sites (N-methyl/N-ethyl adjacent to an activating group) is 1. The number of aromatic nitrogens is 2. The molecule has 0 aliphatic rings. The molecule has 0 spiro atoms. The van der Waals surface area contributed by atoms with E-state index in [1.165, 1.54) is 0 Å². The molecule has 0 aliphatic carbocycles. The lowest BCUT2D eigenvalue weighted by molar-refractivity contribution is 0.546. The third-order valence-electron chi connectivity index (χ3n) is 3.40. The molecule has 2 aromatic rings.